The number of imidazole rings is 2. The highest BCUT2D eigenvalue weighted by Gasteiger charge is 2.56. The normalized spacial score (nSPS) is 26.1. The fourth-order valence-electron chi connectivity index (χ4n) is 7.49. The first kappa shape index (κ1) is 65.2. The third kappa shape index (κ3) is 17.2. The molecule has 0 spiro atoms. The quantitative estimate of drug-likeness (QED) is 0.0805. The summed E-state index contributed by atoms with van der Waals surface area (Å²) in [6.45, 7) is 15.9. The predicted molar refractivity (Wildman–Crippen MR) is 340 cm³/mol. The SMILES string of the molecule is COP1(=O)OC[C@H]2O[C@@H](n3cnc4c(=O)[nH]c(NC(=O)C(C)C)nc43)C(OP(C)(=O)OC[C@H]3O[C@@H](n4cnc5c(NOc6ccccc6)ncnc54)C(C)[C@H]3O1)[C@H]2O[Si](C)(C)C(C)(C)C.S=S=S=S=S=S=S=S=S=S=S=S=S=S. The van der Waals surface area contributed by atoms with Crippen LogP contribution in [0.3, 0.4) is 0 Å². The highest BCUT2D eigenvalue weighted by molar-refractivity contribution is 8.76. The van der Waals surface area contributed by atoms with Crippen LogP contribution in [0.25, 0.3) is 22.3 Å². The predicted octanol–water partition coefficient (Wildman–Crippen LogP) is 6.14. The van der Waals surface area contributed by atoms with Gasteiger partial charge in [0.2, 0.25) is 11.9 Å². The molecule has 3 aliphatic rings. The van der Waals surface area contributed by atoms with Crippen molar-refractivity contribution >= 4 is 193 Å². The van der Waals surface area contributed by atoms with Gasteiger partial charge in [0.15, 0.2) is 48.4 Å². The van der Waals surface area contributed by atoms with E-state index in [1.54, 1.807) is 119 Å². The Morgan fingerprint density at radius 1 is 0.823 bits per heavy atom. The Morgan fingerprint density at radius 2 is 1.42 bits per heavy atom. The molecule has 436 valence electrons. The monoisotopic (exact) mass is 1410 g/mol. The highest BCUT2D eigenvalue weighted by Crippen LogP contribution is 2.57. The molecule has 0 radical (unpaired) electrons. The average molecular weight is 1410 g/mol. The summed E-state index contributed by atoms with van der Waals surface area (Å²) in [6.07, 6.45) is -3.26. The summed E-state index contributed by atoms with van der Waals surface area (Å²) in [4.78, 5) is 56.3. The van der Waals surface area contributed by atoms with Crippen LogP contribution in [0.5, 0.6) is 5.75 Å². The van der Waals surface area contributed by atoms with E-state index in [2.05, 4.69) is 40.7 Å². The lowest BCUT2D eigenvalue weighted by molar-refractivity contribution is -0.118. The van der Waals surface area contributed by atoms with Gasteiger partial charge >= 0.3 is 15.4 Å². The van der Waals surface area contributed by atoms with Gasteiger partial charge in [-0.2, -0.15) is 4.98 Å². The Hall–Kier alpha value is -1.37. The lowest BCUT2D eigenvalue weighted by atomic mass is 10.0. The topological polar surface area (TPSA) is 266 Å². The van der Waals surface area contributed by atoms with Crippen LogP contribution in [0.2, 0.25) is 18.1 Å². The lowest BCUT2D eigenvalue weighted by Gasteiger charge is -2.40. The smallest absolute Gasteiger partial charge is 0.408 e. The van der Waals surface area contributed by atoms with Crippen molar-refractivity contribution in [1.82, 2.24) is 39.0 Å². The summed E-state index contributed by atoms with van der Waals surface area (Å²) >= 11 is 9.43. The van der Waals surface area contributed by atoms with Gasteiger partial charge in [-0.1, -0.05) is 59.7 Å². The second kappa shape index (κ2) is 29.6. The number of aromatic amines is 1. The number of ether oxygens (including phenoxy) is 2. The molecule has 5 aromatic rings. The van der Waals surface area contributed by atoms with Gasteiger partial charge in [0, 0.05) is 155 Å². The first-order valence-corrected chi connectivity index (χ1v) is 46.8. The average Bonchev–Trinajstić information content (AvgIpc) is 4.31. The van der Waals surface area contributed by atoms with Gasteiger partial charge in [-0.25, -0.2) is 30.0 Å². The number of rotatable bonds is 10. The Kier molecular flexibility index (Phi) is 24.4. The van der Waals surface area contributed by atoms with Gasteiger partial charge in [0.05, 0.1) is 25.9 Å². The minimum absolute atomic E-state index is 0.0177. The van der Waals surface area contributed by atoms with Crippen LogP contribution < -0.4 is 21.2 Å². The van der Waals surface area contributed by atoms with E-state index in [0.29, 0.717) is 22.7 Å². The second-order valence-corrected chi connectivity index (χ2v) is 48.5. The fourth-order valence-corrected chi connectivity index (χ4v) is 38.6. The van der Waals surface area contributed by atoms with Crippen LogP contribution in [0.1, 0.15) is 54.0 Å². The Labute approximate surface area is 499 Å². The molecule has 0 aliphatic carbocycles. The van der Waals surface area contributed by atoms with Gasteiger partial charge < -0.3 is 23.3 Å². The summed E-state index contributed by atoms with van der Waals surface area (Å²) in [5, 5.41) is 2.28. The molecule has 3 N–H and O–H groups in total. The number of para-hydroxylation sites is 1. The molecule has 8 rings (SSSR count). The zero-order chi connectivity index (χ0) is 57.1. The van der Waals surface area contributed by atoms with E-state index in [0.717, 1.165) is 0 Å². The van der Waals surface area contributed by atoms with E-state index in [1.165, 1.54) is 55.1 Å². The van der Waals surface area contributed by atoms with Crippen molar-refractivity contribution in [2.45, 2.75) is 103 Å². The molecule has 79 heavy (non-hydrogen) atoms. The first-order chi connectivity index (χ1) is 37.6. The van der Waals surface area contributed by atoms with Crippen molar-refractivity contribution < 1.29 is 55.3 Å². The molecule has 23 nitrogen and oxygen atoms in total. The number of carbonyl (C=O) groups excluding carboxylic acids is 1. The molecule has 1 amide bonds. The number of fused-ring (bicyclic) bond motifs is 5. The van der Waals surface area contributed by atoms with Crippen molar-refractivity contribution in [1.29, 1.82) is 0 Å². The summed E-state index contributed by atoms with van der Waals surface area (Å²) in [5.41, 5.74) is 2.90. The minimum atomic E-state index is -4.46. The maximum Gasteiger partial charge on any atom is 0.474 e. The first-order valence-electron chi connectivity index (χ1n) is 23.2. The van der Waals surface area contributed by atoms with Crippen molar-refractivity contribution in [2.75, 3.05) is 37.8 Å². The number of nitrogens with one attached hydrogen (secondary N) is 3. The van der Waals surface area contributed by atoms with Gasteiger partial charge in [0.1, 0.15) is 43.1 Å². The molecule has 7 heterocycles. The molecule has 1 aromatic carbocycles. The maximum atomic E-state index is 14.7. The van der Waals surface area contributed by atoms with E-state index >= 15 is 0 Å². The van der Waals surface area contributed by atoms with E-state index in [4.69, 9.17) is 63.7 Å². The van der Waals surface area contributed by atoms with Gasteiger partial charge in [-0.15, -0.1) is 0 Å². The van der Waals surface area contributed by atoms with Gasteiger partial charge in [-0.05, 0) is 30.3 Å². The summed E-state index contributed by atoms with van der Waals surface area (Å²) < 4.78 is 83.1. The van der Waals surface area contributed by atoms with Crippen molar-refractivity contribution in [3.8, 4) is 5.75 Å². The molecule has 3 saturated heterocycles. The molecule has 4 aromatic heterocycles. The zero-order valence-electron chi connectivity index (χ0n) is 43.3. The number of amides is 1. The number of anilines is 2. The van der Waals surface area contributed by atoms with Crippen molar-refractivity contribution in [3.05, 3.63) is 59.7 Å². The van der Waals surface area contributed by atoms with Crippen LogP contribution in [0.15, 0.2) is 54.1 Å². The molecule has 0 saturated carbocycles. The zero-order valence-corrected chi connectivity index (χ0v) is 57.5. The van der Waals surface area contributed by atoms with Crippen LogP contribution >= 0.6 is 15.4 Å². The third-order valence-corrected chi connectivity index (χ3v) is 43.8. The Morgan fingerprint density at radius 3 is 2.03 bits per heavy atom. The van der Waals surface area contributed by atoms with Crippen molar-refractivity contribution in [2.24, 2.45) is 11.8 Å². The lowest BCUT2D eigenvalue weighted by Crippen LogP contribution is -2.50. The van der Waals surface area contributed by atoms with E-state index < -0.39 is 90.7 Å². The molecular weight excluding hydrogens is 1360 g/mol. The van der Waals surface area contributed by atoms with Crippen LogP contribution in [0.4, 0.5) is 11.8 Å². The molecule has 3 fully saturated rings. The minimum Gasteiger partial charge on any atom is -0.408 e. The number of H-pyrrole nitrogens is 1. The number of phosphoric acid groups is 1. The second-order valence-electron chi connectivity index (χ2n) is 18.7. The summed E-state index contributed by atoms with van der Waals surface area (Å²) in [5.74, 6) is -0.668. The summed E-state index contributed by atoms with van der Waals surface area (Å²) in [7, 11) is 9.81. The molecule has 3 aliphatic heterocycles. The van der Waals surface area contributed by atoms with Gasteiger partial charge in [0.25, 0.3) is 5.56 Å². The largest absolute Gasteiger partial charge is 0.474 e. The highest BCUT2D eigenvalue weighted by atomic mass is 33.5. The number of benzene rings is 1. The third-order valence-electron chi connectivity index (χ3n) is 12.2. The molecule has 2 bridgehead atoms. The van der Waals surface area contributed by atoms with E-state index in [9.17, 15) is 18.7 Å². The number of hydrogen-bond acceptors (Lipinski definition) is 21. The van der Waals surface area contributed by atoms with Gasteiger partial charge in [-0.3, -0.25) is 51.7 Å². The number of phosphoric ester groups is 1. The standard InChI is InChI=1S/C39H54N10O13P2Si.S14/c1-21(2)34(50)45-38-44-33-27(35(51)46-38)43-20-49(33)37-30-29(62-65(9,10)39(4,5)6)25(58-37)17-56-64(53,54-7)61-28-22(3)36(57-24(28)16-55-63(8,52)60-30)48-19-42-26-31(40-18-41-32(26)48)47-59-23-14-12-11-13-15-23;1-3-5-7-9-11-13-14-12-10-8-6-4-2/h11-15,18-22,24-25,28-30,36-37H,16-17H2,1-10H3,(H,40,41,47)(H2,44,45,46,50,51);/t22?,24-,25-,28-,29+,30?,36-,37-,63?,64?;/m1./s1. The number of aromatic nitrogens is 8. The summed E-state index contributed by atoms with van der Waals surface area (Å²) in [6, 6.07) is 9.08. The van der Waals surface area contributed by atoms with Crippen LogP contribution in [0, 0.1) is 11.8 Å². The molecular formula is C39H54N10O13P2S14Si. The Bertz CT molecular complexity index is 3710. The number of hydrogen-bond donors (Lipinski definition) is 3. The Balaban J connectivity index is 0.000000568. The van der Waals surface area contributed by atoms with E-state index in [-0.39, 0.29) is 34.7 Å². The molecule has 40 heteroatoms. The molecule has 10 atom stereocenters. The van der Waals surface area contributed by atoms with E-state index in [1.807, 2.05) is 59.0 Å². The van der Waals surface area contributed by atoms with Crippen molar-refractivity contribution in [3.63, 3.8) is 0 Å². The number of nitrogens with zero attached hydrogens (tertiary/aromatic N) is 7. The number of carbonyl (C=O) groups is 1. The molecule has 4 unspecified atom stereocenters. The maximum absolute atomic E-state index is 14.7. The fraction of sp³-hybridized carbons (Fsp3) is 0.564. The van der Waals surface area contributed by atoms with Crippen LogP contribution in [-0.4, -0.2) is 111 Å². The van der Waals surface area contributed by atoms with Crippen LogP contribution in [-0.2, 0) is 179 Å².